The van der Waals surface area contributed by atoms with Crippen LogP contribution in [0.25, 0.3) is 21.8 Å². The van der Waals surface area contributed by atoms with Gasteiger partial charge in [-0.25, -0.2) is 4.79 Å². The van der Waals surface area contributed by atoms with E-state index >= 15 is 0 Å². The Hall–Kier alpha value is -3.21. The molecular formula is C19H16N4O. The molecule has 0 aliphatic rings. The van der Waals surface area contributed by atoms with E-state index in [0.717, 1.165) is 5.56 Å². The van der Waals surface area contributed by atoms with Crippen LogP contribution in [0.3, 0.4) is 0 Å². The van der Waals surface area contributed by atoms with Gasteiger partial charge in [-0.2, -0.15) is 4.68 Å². The van der Waals surface area contributed by atoms with Gasteiger partial charge in [0.25, 0.3) is 0 Å². The van der Waals surface area contributed by atoms with Crippen LogP contribution in [0.2, 0.25) is 0 Å². The van der Waals surface area contributed by atoms with Crippen molar-refractivity contribution < 1.29 is 4.79 Å². The third kappa shape index (κ3) is 2.50. The van der Waals surface area contributed by atoms with Gasteiger partial charge < -0.3 is 4.90 Å². The number of fused-ring (bicyclic) bond motifs is 2. The molecule has 0 spiro atoms. The van der Waals surface area contributed by atoms with Crippen LogP contribution in [0, 0.1) is 0 Å². The number of rotatable bonds is 2. The van der Waals surface area contributed by atoms with Crippen molar-refractivity contribution >= 4 is 27.8 Å². The maximum Gasteiger partial charge on any atom is 0.346 e. The van der Waals surface area contributed by atoms with E-state index in [1.54, 1.807) is 11.9 Å². The molecule has 1 amide bonds. The van der Waals surface area contributed by atoms with E-state index in [0.29, 0.717) is 17.6 Å². The normalized spacial score (nSPS) is 11.0. The molecule has 4 rings (SSSR count). The highest BCUT2D eigenvalue weighted by Gasteiger charge is 2.16. The summed E-state index contributed by atoms with van der Waals surface area (Å²) in [4.78, 5) is 14.3. The van der Waals surface area contributed by atoms with Crippen molar-refractivity contribution in [1.82, 2.24) is 19.9 Å². The second kappa shape index (κ2) is 5.77. The zero-order valence-electron chi connectivity index (χ0n) is 13.3. The quantitative estimate of drug-likeness (QED) is 0.567. The Morgan fingerprint density at radius 1 is 1.00 bits per heavy atom. The Kier molecular flexibility index (Phi) is 3.46. The van der Waals surface area contributed by atoms with E-state index in [4.69, 9.17) is 0 Å². The van der Waals surface area contributed by atoms with Gasteiger partial charge in [0, 0.05) is 13.6 Å². The summed E-state index contributed by atoms with van der Waals surface area (Å²) in [6, 6.07) is 21.7. The fourth-order valence-corrected chi connectivity index (χ4v) is 2.85. The largest absolute Gasteiger partial charge is 0.346 e. The molecule has 5 heteroatoms. The minimum Gasteiger partial charge on any atom is -0.322 e. The summed E-state index contributed by atoms with van der Waals surface area (Å²) in [7, 11) is 1.77. The molecule has 5 nitrogen and oxygen atoms in total. The van der Waals surface area contributed by atoms with E-state index in [9.17, 15) is 4.79 Å². The first kappa shape index (κ1) is 14.4. The van der Waals surface area contributed by atoms with Crippen molar-refractivity contribution in [3.05, 3.63) is 72.3 Å². The van der Waals surface area contributed by atoms with Gasteiger partial charge in [-0.15, -0.1) is 5.10 Å². The van der Waals surface area contributed by atoms with Crippen LogP contribution in [-0.2, 0) is 6.54 Å². The molecule has 0 saturated carbocycles. The summed E-state index contributed by atoms with van der Waals surface area (Å²) < 4.78 is 1.34. The number of hydrogen-bond donors (Lipinski definition) is 0. The Balaban J connectivity index is 1.60. The number of aromatic nitrogens is 3. The van der Waals surface area contributed by atoms with Crippen molar-refractivity contribution in [3.8, 4) is 0 Å². The highest BCUT2D eigenvalue weighted by atomic mass is 16.2. The number of carbonyl (C=O) groups excluding carboxylic acids is 1. The maximum absolute atomic E-state index is 12.7. The molecule has 3 aromatic carbocycles. The van der Waals surface area contributed by atoms with Crippen LogP contribution >= 0.6 is 0 Å². The SMILES string of the molecule is CN(Cc1ccc2ccccc2c1)C(=O)n1nnc2ccccc21. The molecule has 0 unspecified atom stereocenters. The number of para-hydroxylation sites is 1. The van der Waals surface area contributed by atoms with Crippen molar-refractivity contribution in [2.24, 2.45) is 0 Å². The average Bonchev–Trinajstić information content (AvgIpc) is 3.05. The Bertz CT molecular complexity index is 1040. The summed E-state index contributed by atoms with van der Waals surface area (Å²) in [6.07, 6.45) is 0. The molecule has 0 N–H and O–H groups in total. The van der Waals surface area contributed by atoms with Crippen LogP contribution < -0.4 is 0 Å². The molecule has 1 aromatic heterocycles. The third-order valence-electron chi connectivity index (χ3n) is 4.09. The van der Waals surface area contributed by atoms with Gasteiger partial charge in [0.05, 0.1) is 5.52 Å². The third-order valence-corrected chi connectivity index (χ3v) is 4.09. The number of nitrogens with zero attached hydrogens (tertiary/aromatic N) is 4. The van der Waals surface area contributed by atoms with Crippen molar-refractivity contribution in [3.63, 3.8) is 0 Å². The molecule has 0 radical (unpaired) electrons. The lowest BCUT2D eigenvalue weighted by molar-refractivity contribution is 0.206. The number of amides is 1. The van der Waals surface area contributed by atoms with Crippen LogP contribution in [0.5, 0.6) is 0 Å². The fraction of sp³-hybridized carbons (Fsp3) is 0.105. The second-order valence-corrected chi connectivity index (χ2v) is 5.81. The zero-order valence-corrected chi connectivity index (χ0v) is 13.3. The lowest BCUT2D eigenvalue weighted by Crippen LogP contribution is -2.31. The van der Waals surface area contributed by atoms with E-state index in [1.807, 2.05) is 42.5 Å². The van der Waals surface area contributed by atoms with E-state index in [-0.39, 0.29) is 6.03 Å². The molecule has 118 valence electrons. The van der Waals surface area contributed by atoms with Crippen molar-refractivity contribution in [2.45, 2.75) is 6.54 Å². The van der Waals surface area contributed by atoms with Crippen LogP contribution in [0.15, 0.2) is 66.7 Å². The molecule has 24 heavy (non-hydrogen) atoms. The molecular weight excluding hydrogens is 300 g/mol. The monoisotopic (exact) mass is 316 g/mol. The summed E-state index contributed by atoms with van der Waals surface area (Å²) in [5, 5.41) is 10.4. The zero-order chi connectivity index (χ0) is 16.5. The van der Waals surface area contributed by atoms with Crippen molar-refractivity contribution in [1.29, 1.82) is 0 Å². The molecule has 0 aliphatic heterocycles. The van der Waals surface area contributed by atoms with Gasteiger partial charge in [0.1, 0.15) is 5.52 Å². The molecule has 0 bridgehead atoms. The van der Waals surface area contributed by atoms with E-state index < -0.39 is 0 Å². The first-order chi connectivity index (χ1) is 11.7. The smallest absolute Gasteiger partial charge is 0.322 e. The van der Waals surface area contributed by atoms with Crippen LogP contribution in [0.1, 0.15) is 5.56 Å². The van der Waals surface area contributed by atoms with E-state index in [1.165, 1.54) is 15.5 Å². The summed E-state index contributed by atoms with van der Waals surface area (Å²) >= 11 is 0. The van der Waals surface area contributed by atoms with Gasteiger partial charge >= 0.3 is 6.03 Å². The highest BCUT2D eigenvalue weighted by molar-refractivity contribution is 5.87. The number of hydrogen-bond acceptors (Lipinski definition) is 3. The topological polar surface area (TPSA) is 51.0 Å². The summed E-state index contributed by atoms with van der Waals surface area (Å²) in [5.41, 5.74) is 2.51. The number of benzene rings is 3. The lowest BCUT2D eigenvalue weighted by atomic mass is 10.1. The predicted molar refractivity (Wildman–Crippen MR) is 93.7 cm³/mol. The van der Waals surface area contributed by atoms with E-state index in [2.05, 4.69) is 34.6 Å². The fourth-order valence-electron chi connectivity index (χ4n) is 2.85. The minimum absolute atomic E-state index is 0.197. The van der Waals surface area contributed by atoms with Gasteiger partial charge in [-0.1, -0.05) is 53.7 Å². The molecule has 0 fully saturated rings. The van der Waals surface area contributed by atoms with Gasteiger partial charge in [-0.05, 0) is 34.5 Å². The van der Waals surface area contributed by atoms with Crippen LogP contribution in [0.4, 0.5) is 4.79 Å². The molecule has 0 aliphatic carbocycles. The van der Waals surface area contributed by atoms with Crippen LogP contribution in [-0.4, -0.2) is 33.0 Å². The van der Waals surface area contributed by atoms with Gasteiger partial charge in [0.15, 0.2) is 0 Å². The summed E-state index contributed by atoms with van der Waals surface area (Å²) in [5.74, 6) is 0. The second-order valence-electron chi connectivity index (χ2n) is 5.81. The average molecular weight is 316 g/mol. The number of carbonyl (C=O) groups is 1. The molecule has 1 heterocycles. The molecule has 0 atom stereocenters. The Morgan fingerprint density at radius 2 is 1.75 bits per heavy atom. The molecule has 4 aromatic rings. The first-order valence-corrected chi connectivity index (χ1v) is 7.76. The Morgan fingerprint density at radius 3 is 2.62 bits per heavy atom. The predicted octanol–water partition coefficient (Wildman–Crippen LogP) is 3.68. The lowest BCUT2D eigenvalue weighted by Gasteiger charge is -2.17. The molecule has 0 saturated heterocycles. The minimum atomic E-state index is -0.197. The Labute approximate surface area is 139 Å². The van der Waals surface area contributed by atoms with Crippen molar-refractivity contribution in [2.75, 3.05) is 7.05 Å². The standard InChI is InChI=1S/C19H16N4O/c1-22(13-14-10-11-15-6-2-3-7-16(15)12-14)19(24)23-18-9-5-4-8-17(18)20-21-23/h2-12H,13H2,1H3. The maximum atomic E-state index is 12.7. The van der Waals surface area contributed by atoms with Gasteiger partial charge in [-0.3, -0.25) is 0 Å². The first-order valence-electron chi connectivity index (χ1n) is 7.76. The summed E-state index contributed by atoms with van der Waals surface area (Å²) in [6.45, 7) is 0.512. The highest BCUT2D eigenvalue weighted by Crippen LogP contribution is 2.17. The van der Waals surface area contributed by atoms with Gasteiger partial charge in [0.2, 0.25) is 0 Å².